The number of carbonyl (C=O) groups is 4. The van der Waals surface area contributed by atoms with Crippen LogP contribution in [0.3, 0.4) is 0 Å². The lowest BCUT2D eigenvalue weighted by molar-refractivity contribution is -0.384. The van der Waals surface area contributed by atoms with E-state index in [2.05, 4.69) is 15.9 Å². The topological polar surface area (TPSA) is 165 Å². The Bertz CT molecular complexity index is 2670. The van der Waals surface area contributed by atoms with E-state index in [1.807, 2.05) is 31.2 Å². The van der Waals surface area contributed by atoms with Crippen LogP contribution in [0.25, 0.3) is 20.7 Å². The molecule has 0 radical (unpaired) electrons. The van der Waals surface area contributed by atoms with E-state index >= 15 is 4.79 Å². The number of non-ortho nitro benzene ring substituents is 1. The van der Waals surface area contributed by atoms with E-state index in [9.17, 15) is 29.6 Å². The van der Waals surface area contributed by atoms with E-state index in [1.54, 1.807) is 32.2 Å². The number of ether oxygens (including phenoxy) is 1. The van der Waals surface area contributed by atoms with Gasteiger partial charge in [0.2, 0.25) is 23.6 Å². The van der Waals surface area contributed by atoms with Gasteiger partial charge in [-0.25, -0.2) is 4.90 Å². The number of nitro groups is 1. The summed E-state index contributed by atoms with van der Waals surface area (Å²) in [6.07, 6.45) is 2.14. The first kappa shape index (κ1) is 37.2. The fraction of sp³-hybridized carbons (Fsp3) is 0.293. The number of amides is 4. The number of imide groups is 2. The molecule has 2 aliphatic heterocycles. The van der Waals surface area contributed by atoms with Crippen molar-refractivity contribution in [1.82, 2.24) is 9.78 Å². The van der Waals surface area contributed by atoms with Gasteiger partial charge >= 0.3 is 0 Å². The third-order valence-electron chi connectivity index (χ3n) is 12.4. The molecule has 5 aromatic rings. The van der Waals surface area contributed by atoms with Crippen LogP contribution < -0.4 is 14.5 Å². The van der Waals surface area contributed by atoms with Crippen molar-refractivity contribution >= 4 is 89.8 Å². The van der Waals surface area contributed by atoms with Crippen LogP contribution in [-0.4, -0.2) is 50.5 Å². The second-order valence-electron chi connectivity index (χ2n) is 15.2. The number of benzene rings is 3. The van der Waals surface area contributed by atoms with Gasteiger partial charge < -0.3 is 9.84 Å². The predicted molar refractivity (Wildman–Crippen MR) is 216 cm³/mol. The van der Waals surface area contributed by atoms with Crippen LogP contribution in [0.1, 0.15) is 36.8 Å². The van der Waals surface area contributed by atoms with Gasteiger partial charge in [0.15, 0.2) is 11.5 Å². The number of aromatic hydroxyl groups is 1. The minimum absolute atomic E-state index is 0.0843. The summed E-state index contributed by atoms with van der Waals surface area (Å²) >= 11 is 11.4. The highest BCUT2D eigenvalue weighted by Crippen LogP contribution is 2.65. The highest BCUT2D eigenvalue weighted by molar-refractivity contribution is 9.10. The number of phenols is 1. The van der Waals surface area contributed by atoms with Crippen molar-refractivity contribution in [2.45, 2.75) is 32.6 Å². The molecule has 57 heavy (non-hydrogen) atoms. The number of phenolic OH excluding ortho intramolecular Hbond substituents is 1. The van der Waals surface area contributed by atoms with Crippen LogP contribution in [0, 0.1) is 46.1 Å². The number of anilines is 2. The molecule has 9 rings (SSSR count). The summed E-state index contributed by atoms with van der Waals surface area (Å²) in [4.78, 5) is 72.5. The van der Waals surface area contributed by atoms with Crippen molar-refractivity contribution in [3.63, 3.8) is 0 Å². The first-order valence-electron chi connectivity index (χ1n) is 18.2. The van der Waals surface area contributed by atoms with E-state index in [1.165, 1.54) is 52.3 Å². The number of aryl methyl sites for hydroxylation is 2. The van der Waals surface area contributed by atoms with Crippen LogP contribution in [-0.2, 0) is 26.2 Å². The van der Waals surface area contributed by atoms with E-state index in [0.717, 1.165) is 25.4 Å². The van der Waals surface area contributed by atoms with Gasteiger partial charge in [-0.1, -0.05) is 39.2 Å². The van der Waals surface area contributed by atoms with Gasteiger partial charge in [0, 0.05) is 50.9 Å². The SMILES string of the molecule is COc1cc(Br)cc(C2C3=CCC4C(=O)N(c5ccc([N+](=O)[O-])cc5)C(=O)C4C3CC3C(=O)N(c4cc(-c5sc6ccc(Cl)cc6c5C)nn4C)C(=O)C32C)c1O. The molecule has 13 nitrogen and oxygen atoms in total. The predicted octanol–water partition coefficient (Wildman–Crippen LogP) is 8.08. The van der Waals surface area contributed by atoms with Crippen LogP contribution in [0.15, 0.2) is 76.8 Å². The molecule has 1 saturated carbocycles. The number of nitro benzene ring substituents is 1. The molecule has 0 bridgehead atoms. The van der Waals surface area contributed by atoms with Gasteiger partial charge in [0.1, 0.15) is 11.5 Å². The Labute approximate surface area is 342 Å². The Balaban J connectivity index is 1.16. The number of hydrogen-bond donors (Lipinski definition) is 1. The Hall–Kier alpha value is -5.38. The third-order valence-corrected chi connectivity index (χ3v) is 14.4. The number of nitrogens with zero attached hydrogens (tertiary/aromatic N) is 5. The summed E-state index contributed by atoms with van der Waals surface area (Å²) in [7, 11) is 3.09. The van der Waals surface area contributed by atoms with Crippen molar-refractivity contribution in [3.8, 4) is 22.1 Å². The molecular weight excluding hydrogens is 838 g/mol. The van der Waals surface area contributed by atoms with E-state index in [-0.39, 0.29) is 41.5 Å². The van der Waals surface area contributed by atoms with Crippen molar-refractivity contribution in [2.75, 3.05) is 16.9 Å². The van der Waals surface area contributed by atoms with Crippen molar-refractivity contribution in [3.05, 3.63) is 103 Å². The van der Waals surface area contributed by atoms with Crippen molar-refractivity contribution in [2.24, 2.45) is 36.1 Å². The van der Waals surface area contributed by atoms with Gasteiger partial charge in [0.25, 0.3) is 5.69 Å². The van der Waals surface area contributed by atoms with E-state index < -0.39 is 63.6 Å². The molecule has 0 spiro atoms. The zero-order valence-corrected chi connectivity index (χ0v) is 34.0. The number of hydrogen-bond acceptors (Lipinski definition) is 10. The molecule has 4 aliphatic rings. The maximum absolute atomic E-state index is 15.2. The second kappa shape index (κ2) is 13.1. The molecular formula is C41H33BrClN5O8S. The molecule has 6 unspecified atom stereocenters. The lowest BCUT2D eigenvalue weighted by Gasteiger charge is -2.49. The zero-order chi connectivity index (χ0) is 40.4. The molecule has 4 amide bonds. The summed E-state index contributed by atoms with van der Waals surface area (Å²) in [5, 5.41) is 29.5. The van der Waals surface area contributed by atoms with Crippen LogP contribution >= 0.6 is 38.9 Å². The molecule has 2 saturated heterocycles. The third kappa shape index (κ3) is 5.27. The van der Waals surface area contributed by atoms with E-state index in [0.29, 0.717) is 26.3 Å². The Morgan fingerprint density at radius 3 is 2.46 bits per heavy atom. The number of allylic oxidation sites excluding steroid dienone is 2. The fourth-order valence-electron chi connectivity index (χ4n) is 9.74. The van der Waals surface area contributed by atoms with Crippen LogP contribution in [0.2, 0.25) is 5.02 Å². The van der Waals surface area contributed by atoms with Gasteiger partial charge in [-0.3, -0.25) is 38.9 Å². The number of fused-ring (bicyclic) bond motifs is 5. The lowest BCUT2D eigenvalue weighted by Crippen LogP contribution is -2.49. The Morgan fingerprint density at radius 1 is 1.02 bits per heavy atom. The fourth-order valence-corrected chi connectivity index (χ4v) is 11.5. The molecule has 290 valence electrons. The quantitative estimate of drug-likeness (QED) is 0.0769. The minimum Gasteiger partial charge on any atom is -0.504 e. The van der Waals surface area contributed by atoms with Crippen molar-refractivity contribution < 1.29 is 33.9 Å². The molecule has 1 N–H and O–H groups in total. The summed E-state index contributed by atoms with van der Waals surface area (Å²) < 4.78 is 8.62. The monoisotopic (exact) mass is 869 g/mol. The Morgan fingerprint density at radius 2 is 1.75 bits per heavy atom. The molecule has 3 fully saturated rings. The first-order chi connectivity index (χ1) is 27.1. The number of aromatic nitrogens is 2. The van der Waals surface area contributed by atoms with Crippen molar-refractivity contribution in [1.29, 1.82) is 0 Å². The molecule has 2 aromatic heterocycles. The summed E-state index contributed by atoms with van der Waals surface area (Å²) in [5.41, 5.74) is 1.12. The Kier molecular flexibility index (Phi) is 8.54. The molecule has 4 heterocycles. The van der Waals surface area contributed by atoms with Crippen LogP contribution in [0.4, 0.5) is 17.2 Å². The van der Waals surface area contributed by atoms with Gasteiger partial charge in [-0.05, 0) is 86.0 Å². The number of methoxy groups -OCH3 is 1. The maximum atomic E-state index is 15.2. The summed E-state index contributed by atoms with van der Waals surface area (Å²) in [6, 6.07) is 15.9. The van der Waals surface area contributed by atoms with Crippen LogP contribution in [0.5, 0.6) is 11.5 Å². The van der Waals surface area contributed by atoms with Gasteiger partial charge in [-0.15, -0.1) is 11.3 Å². The van der Waals surface area contributed by atoms with Gasteiger partial charge in [-0.2, -0.15) is 5.10 Å². The largest absolute Gasteiger partial charge is 0.504 e. The molecule has 6 atom stereocenters. The average Bonchev–Trinajstić information content (AvgIpc) is 3.85. The summed E-state index contributed by atoms with van der Waals surface area (Å²) in [6.45, 7) is 3.71. The standard InChI is InChI=1S/C41H33BrClN5O8S/c1-18-25-15-20(43)5-12-31(25)57-36(18)29-17-32(45(3)44-29)47-38(51)28-16-26-23(34(41(28,2)40(47)53)27-13-19(42)14-30(56-4)35(27)49)10-11-24-33(26)39(52)46(37(24)50)21-6-8-22(9-7-21)48(54)55/h5-10,12-15,17,24,26,28,33-34,49H,11,16H2,1-4H3. The highest BCUT2D eigenvalue weighted by Gasteiger charge is 2.68. The number of thiophene rings is 1. The normalized spacial score (nSPS) is 25.5. The second-order valence-corrected chi connectivity index (χ2v) is 17.6. The zero-order valence-electron chi connectivity index (χ0n) is 30.9. The van der Waals surface area contributed by atoms with Gasteiger partial charge in [0.05, 0.1) is 45.8 Å². The first-order valence-corrected chi connectivity index (χ1v) is 20.1. The average molecular weight is 871 g/mol. The molecule has 16 heteroatoms. The number of halogens is 2. The minimum atomic E-state index is -1.45. The highest BCUT2D eigenvalue weighted by atomic mass is 79.9. The maximum Gasteiger partial charge on any atom is 0.269 e. The lowest BCUT2D eigenvalue weighted by atomic mass is 9.51. The number of carbonyl (C=O) groups excluding carboxylic acids is 4. The molecule has 2 aliphatic carbocycles. The number of rotatable bonds is 6. The van der Waals surface area contributed by atoms with E-state index in [4.69, 9.17) is 21.4 Å². The summed E-state index contributed by atoms with van der Waals surface area (Å²) in [5.74, 6) is -5.88. The smallest absolute Gasteiger partial charge is 0.269 e. The molecule has 3 aromatic carbocycles.